The molecule has 0 aliphatic heterocycles. The fourth-order valence-corrected chi connectivity index (χ4v) is 2.70. The molecule has 0 aliphatic carbocycles. The maximum Gasteiger partial charge on any atom is 0.0799 e. The Bertz CT molecular complexity index is 536. The standard InChI is InChI=1S/C13H17IN4/c1-4-15-13(11-8-16-17-18(11)3)10-7-5-6-9(2)12(10)14/h5-8,13,15H,4H2,1-3H3. The number of hydrogen-bond acceptors (Lipinski definition) is 3. The van der Waals surface area contributed by atoms with Crippen molar-refractivity contribution in [1.29, 1.82) is 0 Å². The third kappa shape index (κ3) is 2.56. The Labute approximate surface area is 121 Å². The van der Waals surface area contributed by atoms with E-state index >= 15 is 0 Å². The first kappa shape index (κ1) is 13.5. The van der Waals surface area contributed by atoms with Gasteiger partial charge in [0.15, 0.2) is 0 Å². The highest BCUT2D eigenvalue weighted by Crippen LogP contribution is 2.27. The summed E-state index contributed by atoms with van der Waals surface area (Å²) in [6.07, 6.45) is 1.83. The van der Waals surface area contributed by atoms with E-state index in [0.29, 0.717) is 0 Å². The third-order valence-corrected chi connectivity index (χ3v) is 4.46. The number of aryl methyl sites for hydroxylation is 2. The molecular weight excluding hydrogens is 339 g/mol. The summed E-state index contributed by atoms with van der Waals surface area (Å²) in [5.74, 6) is 0. The Morgan fingerprint density at radius 2 is 2.22 bits per heavy atom. The van der Waals surface area contributed by atoms with Crippen LogP contribution in [0.2, 0.25) is 0 Å². The number of nitrogens with one attached hydrogen (secondary N) is 1. The Hall–Kier alpha value is -0.950. The zero-order valence-corrected chi connectivity index (χ0v) is 13.0. The van der Waals surface area contributed by atoms with E-state index in [1.54, 1.807) is 0 Å². The molecule has 5 heteroatoms. The normalized spacial score (nSPS) is 12.7. The second kappa shape index (κ2) is 5.79. The summed E-state index contributed by atoms with van der Waals surface area (Å²) in [7, 11) is 1.93. The van der Waals surface area contributed by atoms with Gasteiger partial charge in [-0.1, -0.05) is 30.3 Å². The minimum absolute atomic E-state index is 0.141. The van der Waals surface area contributed by atoms with Gasteiger partial charge in [-0.3, -0.25) is 4.68 Å². The maximum atomic E-state index is 4.02. The second-order valence-electron chi connectivity index (χ2n) is 4.25. The molecule has 2 rings (SSSR count). The summed E-state index contributed by atoms with van der Waals surface area (Å²) in [4.78, 5) is 0. The SMILES string of the molecule is CCNC(c1cccc(C)c1I)c1cnnn1C. The lowest BCUT2D eigenvalue weighted by Gasteiger charge is -2.20. The van der Waals surface area contributed by atoms with Crippen molar-refractivity contribution >= 4 is 22.6 Å². The number of rotatable bonds is 4. The van der Waals surface area contributed by atoms with Gasteiger partial charge in [-0.05, 0) is 47.2 Å². The van der Waals surface area contributed by atoms with Crippen molar-refractivity contribution in [1.82, 2.24) is 20.3 Å². The smallest absolute Gasteiger partial charge is 0.0799 e. The number of benzene rings is 1. The predicted octanol–water partition coefficient (Wildman–Crippen LogP) is 2.43. The van der Waals surface area contributed by atoms with Crippen LogP contribution in [0, 0.1) is 10.5 Å². The van der Waals surface area contributed by atoms with E-state index in [0.717, 1.165) is 12.2 Å². The van der Waals surface area contributed by atoms with Crippen molar-refractivity contribution in [3.8, 4) is 0 Å². The molecule has 4 nitrogen and oxygen atoms in total. The summed E-state index contributed by atoms with van der Waals surface area (Å²) in [5, 5.41) is 11.5. The van der Waals surface area contributed by atoms with E-state index in [-0.39, 0.29) is 6.04 Å². The first-order valence-electron chi connectivity index (χ1n) is 5.98. The molecule has 2 aromatic rings. The molecule has 0 fully saturated rings. The van der Waals surface area contributed by atoms with E-state index in [4.69, 9.17) is 0 Å². The highest BCUT2D eigenvalue weighted by Gasteiger charge is 2.19. The minimum Gasteiger partial charge on any atom is -0.305 e. The summed E-state index contributed by atoms with van der Waals surface area (Å²) in [6, 6.07) is 6.54. The van der Waals surface area contributed by atoms with Crippen molar-refractivity contribution in [3.63, 3.8) is 0 Å². The molecule has 1 aromatic heterocycles. The highest BCUT2D eigenvalue weighted by molar-refractivity contribution is 14.1. The van der Waals surface area contributed by atoms with Crippen LogP contribution in [0.15, 0.2) is 24.4 Å². The van der Waals surface area contributed by atoms with E-state index < -0.39 is 0 Å². The maximum absolute atomic E-state index is 4.02. The quantitative estimate of drug-likeness (QED) is 0.856. The van der Waals surface area contributed by atoms with Gasteiger partial charge < -0.3 is 5.32 Å². The summed E-state index contributed by atoms with van der Waals surface area (Å²) < 4.78 is 3.12. The van der Waals surface area contributed by atoms with E-state index in [1.807, 2.05) is 17.9 Å². The molecule has 0 amide bonds. The molecule has 0 aliphatic rings. The summed E-state index contributed by atoms with van der Waals surface area (Å²) >= 11 is 2.41. The summed E-state index contributed by atoms with van der Waals surface area (Å²) in [6.45, 7) is 5.15. The Morgan fingerprint density at radius 1 is 1.44 bits per heavy atom. The van der Waals surface area contributed by atoms with Crippen molar-refractivity contribution in [3.05, 3.63) is 44.8 Å². The van der Waals surface area contributed by atoms with Gasteiger partial charge in [0.25, 0.3) is 0 Å². The van der Waals surface area contributed by atoms with Crippen LogP contribution in [0.4, 0.5) is 0 Å². The van der Waals surface area contributed by atoms with Crippen molar-refractivity contribution in [2.75, 3.05) is 6.54 Å². The average Bonchev–Trinajstić information content (AvgIpc) is 2.76. The van der Waals surface area contributed by atoms with Gasteiger partial charge in [-0.15, -0.1) is 5.10 Å². The summed E-state index contributed by atoms with van der Waals surface area (Å²) in [5.41, 5.74) is 3.66. The molecule has 0 saturated carbocycles. The predicted molar refractivity (Wildman–Crippen MR) is 80.4 cm³/mol. The zero-order chi connectivity index (χ0) is 13.1. The largest absolute Gasteiger partial charge is 0.305 e. The molecule has 0 spiro atoms. The average molecular weight is 356 g/mol. The Kier molecular flexibility index (Phi) is 4.34. The lowest BCUT2D eigenvalue weighted by Crippen LogP contribution is -2.25. The third-order valence-electron chi connectivity index (χ3n) is 2.99. The van der Waals surface area contributed by atoms with Gasteiger partial charge >= 0.3 is 0 Å². The molecule has 96 valence electrons. The number of halogens is 1. The molecule has 0 bridgehead atoms. The topological polar surface area (TPSA) is 42.7 Å². The van der Waals surface area contributed by atoms with Crippen LogP contribution in [-0.2, 0) is 7.05 Å². The first-order chi connectivity index (χ1) is 8.65. The molecule has 0 radical (unpaired) electrons. The van der Waals surface area contributed by atoms with Crippen molar-refractivity contribution < 1.29 is 0 Å². The number of hydrogen-bond donors (Lipinski definition) is 1. The van der Waals surface area contributed by atoms with Crippen LogP contribution in [0.5, 0.6) is 0 Å². The van der Waals surface area contributed by atoms with E-state index in [9.17, 15) is 0 Å². The monoisotopic (exact) mass is 356 g/mol. The molecular formula is C13H17IN4. The fourth-order valence-electron chi connectivity index (χ4n) is 2.03. The molecule has 1 unspecified atom stereocenters. The Balaban J connectivity index is 2.48. The molecule has 1 atom stereocenters. The van der Waals surface area contributed by atoms with Crippen LogP contribution in [0.25, 0.3) is 0 Å². The fraction of sp³-hybridized carbons (Fsp3) is 0.385. The van der Waals surface area contributed by atoms with Crippen molar-refractivity contribution in [2.45, 2.75) is 19.9 Å². The van der Waals surface area contributed by atoms with Gasteiger partial charge in [0.2, 0.25) is 0 Å². The van der Waals surface area contributed by atoms with Gasteiger partial charge in [-0.2, -0.15) is 0 Å². The zero-order valence-electron chi connectivity index (χ0n) is 10.8. The van der Waals surface area contributed by atoms with Crippen molar-refractivity contribution in [2.24, 2.45) is 7.05 Å². The second-order valence-corrected chi connectivity index (χ2v) is 5.33. The van der Waals surface area contributed by atoms with Gasteiger partial charge in [0.05, 0.1) is 17.9 Å². The lowest BCUT2D eigenvalue weighted by atomic mass is 10.0. The molecule has 1 heterocycles. The minimum atomic E-state index is 0.141. The number of aromatic nitrogens is 3. The molecule has 1 aromatic carbocycles. The van der Waals surface area contributed by atoms with Crippen LogP contribution in [0.3, 0.4) is 0 Å². The molecule has 0 saturated heterocycles. The number of nitrogens with zero attached hydrogens (tertiary/aromatic N) is 3. The van der Waals surface area contributed by atoms with Crippen LogP contribution >= 0.6 is 22.6 Å². The molecule has 1 N–H and O–H groups in total. The van der Waals surface area contributed by atoms with E-state index in [2.05, 4.69) is 70.3 Å². The van der Waals surface area contributed by atoms with Crippen LogP contribution < -0.4 is 5.32 Å². The van der Waals surface area contributed by atoms with Gasteiger partial charge in [-0.25, -0.2) is 0 Å². The lowest BCUT2D eigenvalue weighted by molar-refractivity contribution is 0.566. The van der Waals surface area contributed by atoms with Crippen LogP contribution in [0.1, 0.15) is 29.8 Å². The molecule has 18 heavy (non-hydrogen) atoms. The van der Waals surface area contributed by atoms with Crippen LogP contribution in [-0.4, -0.2) is 21.5 Å². The Morgan fingerprint density at radius 3 is 2.83 bits per heavy atom. The first-order valence-corrected chi connectivity index (χ1v) is 7.06. The van der Waals surface area contributed by atoms with Gasteiger partial charge in [0, 0.05) is 10.6 Å². The van der Waals surface area contributed by atoms with E-state index in [1.165, 1.54) is 14.7 Å². The highest BCUT2D eigenvalue weighted by atomic mass is 127. The van der Waals surface area contributed by atoms with Gasteiger partial charge in [0.1, 0.15) is 0 Å².